The maximum atomic E-state index is 2.33. The van der Waals surface area contributed by atoms with Gasteiger partial charge in [0, 0.05) is 0 Å². The van der Waals surface area contributed by atoms with Crippen molar-refractivity contribution < 1.29 is 0 Å². The van der Waals surface area contributed by atoms with Gasteiger partial charge < -0.3 is 0 Å². The Kier molecular flexibility index (Phi) is 1.76. The van der Waals surface area contributed by atoms with E-state index in [4.69, 9.17) is 0 Å². The summed E-state index contributed by atoms with van der Waals surface area (Å²) in [6.45, 7) is 4.52. The second-order valence-electron chi connectivity index (χ2n) is 3.75. The lowest BCUT2D eigenvalue weighted by atomic mass is 10.0. The van der Waals surface area contributed by atoms with Crippen LogP contribution in [0.5, 0.6) is 0 Å². The lowest BCUT2D eigenvalue weighted by molar-refractivity contribution is 0.754. The van der Waals surface area contributed by atoms with E-state index in [1.807, 2.05) is 0 Å². The smallest absolute Gasteiger partial charge is 0.00553 e. The molecule has 12 heavy (non-hydrogen) atoms. The third-order valence-corrected chi connectivity index (χ3v) is 2.53. The van der Waals surface area contributed by atoms with Gasteiger partial charge in [-0.05, 0) is 23.5 Å². The minimum absolute atomic E-state index is 0.692. The van der Waals surface area contributed by atoms with E-state index < -0.39 is 0 Å². The number of rotatable bonds is 1. The average Bonchev–Trinajstić information content (AvgIpc) is 2.46. The fourth-order valence-corrected chi connectivity index (χ4v) is 1.68. The van der Waals surface area contributed by atoms with Gasteiger partial charge in [-0.3, -0.25) is 0 Å². The van der Waals surface area contributed by atoms with E-state index in [1.54, 1.807) is 5.57 Å². The van der Waals surface area contributed by atoms with Crippen LogP contribution < -0.4 is 0 Å². The normalized spacial score (nSPS) is 14.8. The predicted molar refractivity (Wildman–Crippen MR) is 53.0 cm³/mol. The first kappa shape index (κ1) is 7.60. The van der Waals surface area contributed by atoms with Gasteiger partial charge in [0.15, 0.2) is 0 Å². The summed E-state index contributed by atoms with van der Waals surface area (Å²) in [7, 11) is 0. The molecular formula is C12H14. The summed E-state index contributed by atoms with van der Waals surface area (Å²) < 4.78 is 0. The van der Waals surface area contributed by atoms with Crippen molar-refractivity contribution in [2.45, 2.75) is 20.3 Å². The molecule has 0 saturated carbocycles. The summed E-state index contributed by atoms with van der Waals surface area (Å²) in [5.74, 6) is 0.692. The van der Waals surface area contributed by atoms with Crippen molar-refractivity contribution in [1.29, 1.82) is 0 Å². The van der Waals surface area contributed by atoms with Crippen LogP contribution in [0.4, 0.5) is 0 Å². The van der Waals surface area contributed by atoms with Crippen molar-refractivity contribution in [2.24, 2.45) is 5.92 Å². The summed E-state index contributed by atoms with van der Waals surface area (Å²) >= 11 is 0. The van der Waals surface area contributed by atoms with Crippen molar-refractivity contribution in [3.63, 3.8) is 0 Å². The summed E-state index contributed by atoms with van der Waals surface area (Å²) in [4.78, 5) is 0. The van der Waals surface area contributed by atoms with Crippen LogP contribution in [-0.2, 0) is 6.42 Å². The average molecular weight is 158 g/mol. The number of benzene rings is 1. The number of fused-ring (bicyclic) bond motifs is 1. The second kappa shape index (κ2) is 2.78. The molecule has 0 aromatic heterocycles. The van der Waals surface area contributed by atoms with Crippen molar-refractivity contribution in [3.8, 4) is 0 Å². The lowest BCUT2D eigenvalue weighted by Crippen LogP contribution is -1.92. The Hall–Kier alpha value is -1.04. The van der Waals surface area contributed by atoms with Gasteiger partial charge in [0.25, 0.3) is 0 Å². The molecule has 0 nitrogen and oxygen atoms in total. The van der Waals surface area contributed by atoms with E-state index in [1.165, 1.54) is 11.1 Å². The largest absolute Gasteiger partial charge is 0.0626 e. The van der Waals surface area contributed by atoms with E-state index in [9.17, 15) is 0 Å². The Bertz CT molecular complexity index is 319. The molecule has 1 aliphatic rings. The first-order chi connectivity index (χ1) is 5.77. The Labute approximate surface area is 73.9 Å². The van der Waals surface area contributed by atoms with Crippen molar-refractivity contribution in [2.75, 3.05) is 0 Å². The Morgan fingerprint density at radius 1 is 1.17 bits per heavy atom. The van der Waals surface area contributed by atoms with Gasteiger partial charge in [-0.1, -0.05) is 49.8 Å². The number of hydrogen-bond donors (Lipinski definition) is 0. The zero-order chi connectivity index (χ0) is 8.55. The fourth-order valence-electron chi connectivity index (χ4n) is 1.68. The molecule has 0 spiro atoms. The number of hydrogen-bond acceptors (Lipinski definition) is 0. The molecule has 62 valence electrons. The first-order valence-electron chi connectivity index (χ1n) is 4.56. The molecule has 1 aliphatic carbocycles. The van der Waals surface area contributed by atoms with Gasteiger partial charge in [0.1, 0.15) is 0 Å². The fraction of sp³-hybridized carbons (Fsp3) is 0.333. The van der Waals surface area contributed by atoms with Gasteiger partial charge in [-0.15, -0.1) is 0 Å². The molecule has 0 saturated heterocycles. The van der Waals surface area contributed by atoms with Gasteiger partial charge in [0.2, 0.25) is 0 Å². The van der Waals surface area contributed by atoms with Crippen LogP contribution in [0.15, 0.2) is 29.8 Å². The molecule has 0 heterocycles. The molecule has 1 aromatic rings. The summed E-state index contributed by atoms with van der Waals surface area (Å²) in [6.07, 6.45) is 3.49. The molecule has 0 bridgehead atoms. The second-order valence-corrected chi connectivity index (χ2v) is 3.75. The monoisotopic (exact) mass is 158 g/mol. The Morgan fingerprint density at radius 3 is 2.58 bits per heavy atom. The highest BCUT2D eigenvalue weighted by Crippen LogP contribution is 2.28. The predicted octanol–water partition coefficient (Wildman–Crippen LogP) is 3.28. The van der Waals surface area contributed by atoms with Gasteiger partial charge in [0.05, 0.1) is 0 Å². The molecule has 0 radical (unpaired) electrons. The van der Waals surface area contributed by atoms with Gasteiger partial charge in [-0.25, -0.2) is 0 Å². The maximum absolute atomic E-state index is 2.33. The minimum Gasteiger partial charge on any atom is -0.0626 e. The molecule has 0 heteroatoms. The van der Waals surface area contributed by atoms with Crippen LogP contribution in [0.1, 0.15) is 25.0 Å². The topological polar surface area (TPSA) is 0 Å². The molecule has 0 unspecified atom stereocenters. The van der Waals surface area contributed by atoms with E-state index in [0.717, 1.165) is 6.42 Å². The summed E-state index contributed by atoms with van der Waals surface area (Å²) in [6, 6.07) is 8.65. The van der Waals surface area contributed by atoms with Crippen molar-refractivity contribution in [1.82, 2.24) is 0 Å². The van der Waals surface area contributed by atoms with Crippen molar-refractivity contribution >= 4 is 6.08 Å². The highest BCUT2D eigenvalue weighted by Gasteiger charge is 2.13. The van der Waals surface area contributed by atoms with E-state index in [-0.39, 0.29) is 0 Å². The van der Waals surface area contributed by atoms with Gasteiger partial charge in [-0.2, -0.15) is 0 Å². The van der Waals surface area contributed by atoms with E-state index in [0.29, 0.717) is 5.92 Å². The maximum Gasteiger partial charge on any atom is -0.00553 e. The SMILES string of the molecule is CC(C)C1=Cc2ccccc2C1. The third-order valence-electron chi connectivity index (χ3n) is 2.53. The lowest BCUT2D eigenvalue weighted by Gasteiger charge is -2.04. The molecular weight excluding hydrogens is 144 g/mol. The summed E-state index contributed by atoms with van der Waals surface area (Å²) in [5.41, 5.74) is 4.47. The molecule has 2 rings (SSSR count). The molecule has 1 aromatic carbocycles. The zero-order valence-electron chi connectivity index (χ0n) is 7.67. The quantitative estimate of drug-likeness (QED) is 0.588. The van der Waals surface area contributed by atoms with E-state index >= 15 is 0 Å². The molecule has 0 atom stereocenters. The van der Waals surface area contributed by atoms with Crippen LogP contribution >= 0.6 is 0 Å². The van der Waals surface area contributed by atoms with E-state index in [2.05, 4.69) is 44.2 Å². The zero-order valence-corrected chi connectivity index (χ0v) is 7.67. The Balaban J connectivity index is 2.35. The Morgan fingerprint density at radius 2 is 1.92 bits per heavy atom. The standard InChI is InChI=1S/C12H14/c1-9(2)12-7-10-5-3-4-6-11(10)8-12/h3-7,9H,8H2,1-2H3. The van der Waals surface area contributed by atoms with Crippen LogP contribution in [0.2, 0.25) is 0 Å². The van der Waals surface area contributed by atoms with Gasteiger partial charge >= 0.3 is 0 Å². The third kappa shape index (κ3) is 1.18. The molecule has 0 N–H and O–H groups in total. The molecule has 0 amide bonds. The highest BCUT2D eigenvalue weighted by molar-refractivity contribution is 5.63. The van der Waals surface area contributed by atoms with Crippen LogP contribution in [0.3, 0.4) is 0 Å². The molecule has 0 aliphatic heterocycles. The summed E-state index contributed by atoms with van der Waals surface area (Å²) in [5, 5.41) is 0. The molecule has 0 fully saturated rings. The van der Waals surface area contributed by atoms with Crippen molar-refractivity contribution in [3.05, 3.63) is 41.0 Å². The van der Waals surface area contributed by atoms with Crippen LogP contribution in [0.25, 0.3) is 6.08 Å². The highest BCUT2D eigenvalue weighted by atomic mass is 14.2. The first-order valence-corrected chi connectivity index (χ1v) is 4.56. The van der Waals surface area contributed by atoms with Crippen LogP contribution in [0, 0.1) is 5.92 Å². The van der Waals surface area contributed by atoms with Crippen LogP contribution in [-0.4, -0.2) is 0 Å². The minimum atomic E-state index is 0.692. The number of allylic oxidation sites excluding steroid dienone is 1.